The minimum absolute atomic E-state index is 0.0349. The topological polar surface area (TPSA) is 40.5 Å². The smallest absolute Gasteiger partial charge is 0.257 e. The molecule has 3 nitrogen and oxygen atoms in total. The Kier molecular flexibility index (Phi) is 3.34. The molecule has 4 heteroatoms. The fraction of sp³-hybridized carbons (Fsp3) is 0.417. The van der Waals surface area contributed by atoms with E-state index in [1.807, 2.05) is 0 Å². The van der Waals surface area contributed by atoms with Crippen molar-refractivity contribution in [3.63, 3.8) is 0 Å². The number of phenols is 1. The van der Waals surface area contributed by atoms with Crippen molar-refractivity contribution < 1.29 is 9.90 Å². The van der Waals surface area contributed by atoms with Gasteiger partial charge >= 0.3 is 0 Å². The lowest BCUT2D eigenvalue weighted by Crippen LogP contribution is -2.34. The Morgan fingerprint density at radius 2 is 2.12 bits per heavy atom. The summed E-state index contributed by atoms with van der Waals surface area (Å²) < 4.78 is 0. The first-order valence-corrected chi connectivity index (χ1v) is 5.92. The number of carbonyl (C=O) groups excluding carboxylic acids is 1. The van der Waals surface area contributed by atoms with E-state index in [-0.39, 0.29) is 11.7 Å². The SMILES string of the molecule is O=C(c1ccccc1O)N(CCCl)C1CC1. The zero-order chi connectivity index (χ0) is 11.5. The van der Waals surface area contributed by atoms with Crippen LogP contribution in [0.15, 0.2) is 24.3 Å². The Balaban J connectivity index is 2.19. The van der Waals surface area contributed by atoms with Crippen LogP contribution in [0.1, 0.15) is 23.2 Å². The average molecular weight is 240 g/mol. The van der Waals surface area contributed by atoms with Crippen molar-refractivity contribution in [2.45, 2.75) is 18.9 Å². The van der Waals surface area contributed by atoms with Gasteiger partial charge in [0.1, 0.15) is 5.75 Å². The highest BCUT2D eigenvalue weighted by molar-refractivity contribution is 6.18. The Morgan fingerprint density at radius 1 is 1.44 bits per heavy atom. The van der Waals surface area contributed by atoms with Crippen LogP contribution < -0.4 is 0 Å². The summed E-state index contributed by atoms with van der Waals surface area (Å²) in [5.41, 5.74) is 0.361. The molecule has 0 saturated heterocycles. The molecule has 1 aromatic rings. The van der Waals surface area contributed by atoms with Crippen LogP contribution in [0.3, 0.4) is 0 Å². The largest absolute Gasteiger partial charge is 0.507 e. The standard InChI is InChI=1S/C12H14ClNO2/c13-7-8-14(9-5-6-9)12(16)10-3-1-2-4-11(10)15/h1-4,9,15H,5-8H2. The average Bonchev–Trinajstić information content (AvgIpc) is 3.09. The molecule has 1 fully saturated rings. The number of carbonyl (C=O) groups is 1. The van der Waals surface area contributed by atoms with Gasteiger partial charge in [0.2, 0.25) is 0 Å². The van der Waals surface area contributed by atoms with E-state index >= 15 is 0 Å². The van der Waals surface area contributed by atoms with Gasteiger partial charge in [-0.3, -0.25) is 4.79 Å². The number of nitrogens with zero attached hydrogens (tertiary/aromatic N) is 1. The van der Waals surface area contributed by atoms with Gasteiger partial charge in [-0.05, 0) is 25.0 Å². The van der Waals surface area contributed by atoms with E-state index in [1.165, 1.54) is 6.07 Å². The number of hydrogen-bond donors (Lipinski definition) is 1. The van der Waals surface area contributed by atoms with E-state index in [1.54, 1.807) is 23.1 Å². The predicted octanol–water partition coefficient (Wildman–Crippen LogP) is 2.24. The van der Waals surface area contributed by atoms with Crippen molar-refractivity contribution in [1.82, 2.24) is 4.90 Å². The lowest BCUT2D eigenvalue weighted by Gasteiger charge is -2.21. The predicted molar refractivity (Wildman–Crippen MR) is 62.9 cm³/mol. The highest BCUT2D eigenvalue weighted by atomic mass is 35.5. The molecule has 0 atom stereocenters. The molecule has 16 heavy (non-hydrogen) atoms. The molecule has 2 rings (SSSR count). The fourth-order valence-corrected chi connectivity index (χ4v) is 1.92. The lowest BCUT2D eigenvalue weighted by molar-refractivity contribution is 0.0750. The molecule has 1 aliphatic rings. The molecule has 0 aliphatic heterocycles. The summed E-state index contributed by atoms with van der Waals surface area (Å²) in [7, 11) is 0. The first-order chi connectivity index (χ1) is 7.74. The van der Waals surface area contributed by atoms with Gasteiger partial charge in [-0.2, -0.15) is 0 Å². The van der Waals surface area contributed by atoms with Gasteiger partial charge < -0.3 is 10.0 Å². The molecule has 1 saturated carbocycles. The first kappa shape index (κ1) is 11.3. The summed E-state index contributed by atoms with van der Waals surface area (Å²) in [6.45, 7) is 0.541. The molecule has 0 heterocycles. The van der Waals surface area contributed by atoms with Crippen LogP contribution >= 0.6 is 11.6 Å². The van der Waals surface area contributed by atoms with Crippen molar-refractivity contribution in [3.05, 3.63) is 29.8 Å². The summed E-state index contributed by atoms with van der Waals surface area (Å²) >= 11 is 5.68. The van der Waals surface area contributed by atoms with Crippen LogP contribution in [0.4, 0.5) is 0 Å². The zero-order valence-corrected chi connectivity index (χ0v) is 9.65. The maximum atomic E-state index is 12.1. The molecule has 0 radical (unpaired) electrons. The van der Waals surface area contributed by atoms with Crippen molar-refractivity contribution in [2.75, 3.05) is 12.4 Å². The maximum absolute atomic E-state index is 12.1. The van der Waals surface area contributed by atoms with Gasteiger partial charge in [0.05, 0.1) is 5.56 Å². The molecule has 1 amide bonds. The summed E-state index contributed by atoms with van der Waals surface area (Å²) in [5.74, 6) is 0.338. The van der Waals surface area contributed by atoms with Crippen LogP contribution in [-0.2, 0) is 0 Å². The molecule has 0 aromatic heterocycles. The molecule has 0 unspecified atom stereocenters. The third-order valence-electron chi connectivity index (χ3n) is 2.71. The monoisotopic (exact) mass is 239 g/mol. The Bertz CT molecular complexity index is 390. The van der Waals surface area contributed by atoms with Crippen molar-refractivity contribution in [1.29, 1.82) is 0 Å². The molecular formula is C12H14ClNO2. The van der Waals surface area contributed by atoms with E-state index in [0.29, 0.717) is 24.0 Å². The number of halogens is 1. The maximum Gasteiger partial charge on any atom is 0.257 e. The number of phenolic OH excluding ortho intramolecular Hbond substituents is 1. The van der Waals surface area contributed by atoms with Gasteiger partial charge in [0, 0.05) is 18.5 Å². The van der Waals surface area contributed by atoms with Crippen molar-refractivity contribution >= 4 is 17.5 Å². The highest BCUT2D eigenvalue weighted by Gasteiger charge is 2.33. The first-order valence-electron chi connectivity index (χ1n) is 5.39. The molecular weight excluding hydrogens is 226 g/mol. The number of rotatable bonds is 4. The summed E-state index contributed by atoms with van der Waals surface area (Å²) in [6, 6.07) is 6.93. The highest BCUT2D eigenvalue weighted by Crippen LogP contribution is 2.29. The third kappa shape index (κ3) is 2.30. The van der Waals surface area contributed by atoms with E-state index in [4.69, 9.17) is 11.6 Å². The quantitative estimate of drug-likeness (QED) is 0.819. The van der Waals surface area contributed by atoms with Crippen LogP contribution in [-0.4, -0.2) is 34.4 Å². The summed E-state index contributed by atoms with van der Waals surface area (Å²) in [4.78, 5) is 13.9. The normalized spacial score (nSPS) is 14.8. The fourth-order valence-electron chi connectivity index (χ4n) is 1.74. The number of para-hydroxylation sites is 1. The molecule has 0 spiro atoms. The Morgan fingerprint density at radius 3 is 2.69 bits per heavy atom. The minimum atomic E-state index is -0.124. The van der Waals surface area contributed by atoms with Gasteiger partial charge in [-0.25, -0.2) is 0 Å². The van der Waals surface area contributed by atoms with Gasteiger partial charge in [0.15, 0.2) is 0 Å². The van der Waals surface area contributed by atoms with Crippen LogP contribution in [0.25, 0.3) is 0 Å². The number of alkyl halides is 1. The second-order valence-corrected chi connectivity index (χ2v) is 4.31. The van der Waals surface area contributed by atoms with E-state index in [9.17, 15) is 9.90 Å². The molecule has 86 valence electrons. The van der Waals surface area contributed by atoms with E-state index < -0.39 is 0 Å². The van der Waals surface area contributed by atoms with Crippen molar-refractivity contribution in [2.24, 2.45) is 0 Å². The molecule has 1 aliphatic carbocycles. The molecule has 1 N–H and O–H groups in total. The van der Waals surface area contributed by atoms with Crippen LogP contribution in [0.2, 0.25) is 0 Å². The molecule has 1 aromatic carbocycles. The minimum Gasteiger partial charge on any atom is -0.507 e. The van der Waals surface area contributed by atoms with Gasteiger partial charge in [-0.1, -0.05) is 12.1 Å². The number of benzene rings is 1. The zero-order valence-electron chi connectivity index (χ0n) is 8.90. The van der Waals surface area contributed by atoms with Crippen molar-refractivity contribution in [3.8, 4) is 5.75 Å². The van der Waals surface area contributed by atoms with Gasteiger partial charge in [-0.15, -0.1) is 11.6 Å². The van der Waals surface area contributed by atoms with Crippen LogP contribution in [0, 0.1) is 0 Å². The lowest BCUT2D eigenvalue weighted by atomic mass is 10.1. The Labute approximate surface area is 99.6 Å². The number of aromatic hydroxyl groups is 1. The third-order valence-corrected chi connectivity index (χ3v) is 2.88. The number of amides is 1. The van der Waals surface area contributed by atoms with E-state index in [0.717, 1.165) is 12.8 Å². The second-order valence-electron chi connectivity index (χ2n) is 3.94. The number of hydrogen-bond acceptors (Lipinski definition) is 2. The summed E-state index contributed by atoms with van der Waals surface area (Å²) in [6.07, 6.45) is 2.08. The molecule has 0 bridgehead atoms. The Hall–Kier alpha value is -1.22. The van der Waals surface area contributed by atoms with Gasteiger partial charge in [0.25, 0.3) is 5.91 Å². The van der Waals surface area contributed by atoms with Crippen LogP contribution in [0.5, 0.6) is 5.75 Å². The van der Waals surface area contributed by atoms with E-state index in [2.05, 4.69) is 0 Å². The summed E-state index contributed by atoms with van der Waals surface area (Å²) in [5, 5.41) is 9.62. The second kappa shape index (κ2) is 4.74.